The largest absolute Gasteiger partial charge is 0.323 e. The van der Waals surface area contributed by atoms with Crippen molar-refractivity contribution in [3.63, 3.8) is 0 Å². The molecule has 0 saturated carbocycles. The van der Waals surface area contributed by atoms with E-state index in [1.54, 1.807) is 0 Å². The molecule has 0 aliphatic rings. The fourth-order valence-corrected chi connectivity index (χ4v) is 2.75. The summed E-state index contributed by atoms with van der Waals surface area (Å²) in [5.74, 6) is 0. The third kappa shape index (κ3) is 2.32. The van der Waals surface area contributed by atoms with Crippen LogP contribution in [-0.2, 0) is 6.42 Å². The van der Waals surface area contributed by atoms with Crippen LogP contribution >= 0.6 is 11.6 Å². The number of H-pyrrole nitrogens is 2. The van der Waals surface area contributed by atoms with Crippen LogP contribution in [0.3, 0.4) is 0 Å². The molecule has 1 heterocycles. The highest BCUT2D eigenvalue weighted by Gasteiger charge is 2.13. The van der Waals surface area contributed by atoms with Crippen LogP contribution in [0.1, 0.15) is 11.1 Å². The Morgan fingerprint density at radius 1 is 1.19 bits per heavy atom. The van der Waals surface area contributed by atoms with E-state index in [2.05, 4.69) is 16.0 Å². The zero-order valence-corrected chi connectivity index (χ0v) is 12.1. The number of aromatic nitrogens is 2. The third-order valence-corrected chi connectivity index (χ3v) is 3.98. The lowest BCUT2D eigenvalue weighted by atomic mass is 9.95. The van der Waals surface area contributed by atoms with Crippen LogP contribution in [0.2, 0.25) is 5.02 Å². The van der Waals surface area contributed by atoms with E-state index in [1.807, 2.05) is 37.3 Å². The topological polar surface area (TPSA) is 72.4 Å². The summed E-state index contributed by atoms with van der Waals surface area (Å²) in [5, 5.41) is 9.62. The van der Waals surface area contributed by atoms with Crippen LogP contribution in [-0.4, -0.2) is 9.97 Å². The summed E-state index contributed by atoms with van der Waals surface area (Å²) < 4.78 is 0. The van der Waals surface area contributed by atoms with Gasteiger partial charge in [-0.25, -0.2) is 4.79 Å². The minimum absolute atomic E-state index is 0.241. The van der Waals surface area contributed by atoms with E-state index in [-0.39, 0.29) is 12.1 Å². The molecule has 3 rings (SSSR count). The first-order valence-corrected chi connectivity index (χ1v) is 6.85. The van der Waals surface area contributed by atoms with Gasteiger partial charge in [-0.1, -0.05) is 29.8 Å². The molecule has 2 N–H and O–H groups in total. The van der Waals surface area contributed by atoms with Gasteiger partial charge in [0.15, 0.2) is 0 Å². The Balaban J connectivity index is 2.28. The van der Waals surface area contributed by atoms with Crippen molar-refractivity contribution >= 4 is 22.6 Å². The molecule has 104 valence electrons. The summed E-state index contributed by atoms with van der Waals surface area (Å²) in [6.07, 6.45) is 0.289. The molecule has 3 aromatic rings. The average Bonchev–Trinajstić information content (AvgIpc) is 2.82. The van der Waals surface area contributed by atoms with Gasteiger partial charge in [-0.05, 0) is 35.7 Å². The van der Waals surface area contributed by atoms with Gasteiger partial charge in [0, 0.05) is 5.56 Å². The van der Waals surface area contributed by atoms with Crippen molar-refractivity contribution in [2.45, 2.75) is 13.3 Å². The molecule has 0 amide bonds. The summed E-state index contributed by atoms with van der Waals surface area (Å²) in [4.78, 5) is 16.8. The van der Waals surface area contributed by atoms with E-state index in [9.17, 15) is 4.79 Å². The number of benzene rings is 2. The minimum atomic E-state index is -0.241. The van der Waals surface area contributed by atoms with Crippen LogP contribution in [0.15, 0.2) is 35.1 Å². The Morgan fingerprint density at radius 3 is 2.71 bits per heavy atom. The lowest BCUT2D eigenvalue weighted by Crippen LogP contribution is -1.99. The molecule has 0 spiro atoms. The molecule has 0 atom stereocenters. The van der Waals surface area contributed by atoms with E-state index in [4.69, 9.17) is 16.9 Å². The number of nitrogens with one attached hydrogen (secondary N) is 2. The van der Waals surface area contributed by atoms with Gasteiger partial charge in [0.2, 0.25) is 0 Å². The van der Waals surface area contributed by atoms with Crippen molar-refractivity contribution in [2.75, 3.05) is 0 Å². The first-order valence-electron chi connectivity index (χ1n) is 6.47. The van der Waals surface area contributed by atoms with Gasteiger partial charge in [0.1, 0.15) is 0 Å². The van der Waals surface area contributed by atoms with E-state index in [0.717, 1.165) is 33.3 Å². The number of hydrogen-bond acceptors (Lipinski definition) is 2. The van der Waals surface area contributed by atoms with Gasteiger partial charge in [-0.15, -0.1) is 0 Å². The van der Waals surface area contributed by atoms with E-state index in [1.165, 1.54) is 0 Å². The van der Waals surface area contributed by atoms with Gasteiger partial charge in [-0.2, -0.15) is 5.26 Å². The standard InChI is InChI=1S/C16H12ClN3O/c1-9-2-3-10(6-7-18)14(15(9)17)11-4-5-12-13(8-11)20-16(21)19-12/h2-5,8H,6H2,1H3,(H2,19,20,21). The predicted octanol–water partition coefficient (Wildman–Crippen LogP) is 3.55. The molecule has 0 saturated heterocycles. The van der Waals surface area contributed by atoms with Crippen molar-refractivity contribution in [1.29, 1.82) is 5.26 Å². The fourth-order valence-electron chi connectivity index (χ4n) is 2.45. The molecule has 5 heteroatoms. The van der Waals surface area contributed by atoms with Gasteiger partial charge in [0.05, 0.1) is 28.5 Å². The molecule has 0 bridgehead atoms. The Kier molecular flexibility index (Phi) is 3.28. The molecule has 4 nitrogen and oxygen atoms in total. The van der Waals surface area contributed by atoms with Crippen molar-refractivity contribution in [3.8, 4) is 17.2 Å². The van der Waals surface area contributed by atoms with E-state index < -0.39 is 0 Å². The highest BCUT2D eigenvalue weighted by molar-refractivity contribution is 6.34. The molecular formula is C16H12ClN3O. The molecule has 0 aliphatic heterocycles. The number of nitriles is 1. The SMILES string of the molecule is Cc1ccc(CC#N)c(-c2ccc3[nH]c(=O)[nH]c3c2)c1Cl. The van der Waals surface area contributed by atoms with Gasteiger partial charge in [-0.3, -0.25) is 0 Å². The lowest BCUT2D eigenvalue weighted by molar-refractivity contribution is 1.21. The summed E-state index contributed by atoms with van der Waals surface area (Å²) in [6.45, 7) is 1.93. The minimum Gasteiger partial charge on any atom is -0.306 e. The molecule has 2 aromatic carbocycles. The van der Waals surface area contributed by atoms with Crippen LogP contribution in [0.4, 0.5) is 0 Å². The average molecular weight is 298 g/mol. The maximum atomic E-state index is 11.3. The van der Waals surface area contributed by atoms with Crippen molar-refractivity contribution < 1.29 is 0 Å². The first kappa shape index (κ1) is 13.5. The van der Waals surface area contributed by atoms with Crippen LogP contribution in [0.25, 0.3) is 22.2 Å². The Bertz CT molecular complexity index is 931. The van der Waals surface area contributed by atoms with Crippen molar-refractivity contribution in [1.82, 2.24) is 9.97 Å². The number of aryl methyl sites for hydroxylation is 1. The van der Waals surface area contributed by atoms with Crippen molar-refractivity contribution in [2.24, 2.45) is 0 Å². The predicted molar refractivity (Wildman–Crippen MR) is 83.4 cm³/mol. The monoisotopic (exact) mass is 297 g/mol. The molecular weight excluding hydrogens is 286 g/mol. The Labute approximate surface area is 126 Å². The maximum absolute atomic E-state index is 11.3. The van der Waals surface area contributed by atoms with Crippen LogP contribution in [0, 0.1) is 18.3 Å². The second-order valence-corrected chi connectivity index (χ2v) is 5.28. The third-order valence-electron chi connectivity index (χ3n) is 3.50. The van der Waals surface area contributed by atoms with Gasteiger partial charge in [0.25, 0.3) is 0 Å². The van der Waals surface area contributed by atoms with Gasteiger partial charge >= 0.3 is 5.69 Å². The normalized spacial score (nSPS) is 10.7. The number of nitrogens with zero attached hydrogens (tertiary/aromatic N) is 1. The fraction of sp³-hybridized carbons (Fsp3) is 0.125. The Morgan fingerprint density at radius 2 is 1.95 bits per heavy atom. The summed E-state index contributed by atoms with van der Waals surface area (Å²) in [7, 11) is 0. The van der Waals surface area contributed by atoms with Crippen LogP contribution < -0.4 is 5.69 Å². The molecule has 0 radical (unpaired) electrons. The molecule has 0 aliphatic carbocycles. The lowest BCUT2D eigenvalue weighted by Gasteiger charge is -2.12. The summed E-state index contributed by atoms with van der Waals surface area (Å²) in [6, 6.07) is 11.6. The number of halogens is 1. The zero-order valence-electron chi connectivity index (χ0n) is 11.3. The number of imidazole rings is 1. The van der Waals surface area contributed by atoms with Gasteiger partial charge < -0.3 is 9.97 Å². The van der Waals surface area contributed by atoms with Crippen molar-refractivity contribution in [3.05, 3.63) is 57.0 Å². The quantitative estimate of drug-likeness (QED) is 0.759. The molecule has 0 unspecified atom stereocenters. The second-order valence-electron chi connectivity index (χ2n) is 4.90. The second kappa shape index (κ2) is 5.12. The Hall–Kier alpha value is -2.51. The molecule has 1 aromatic heterocycles. The summed E-state index contributed by atoms with van der Waals surface area (Å²) >= 11 is 6.44. The number of rotatable bonds is 2. The number of fused-ring (bicyclic) bond motifs is 1. The molecule has 21 heavy (non-hydrogen) atoms. The smallest absolute Gasteiger partial charge is 0.306 e. The molecule has 0 fully saturated rings. The summed E-state index contributed by atoms with van der Waals surface area (Å²) in [5.41, 5.74) is 4.79. The number of hydrogen-bond donors (Lipinski definition) is 2. The number of aromatic amines is 2. The maximum Gasteiger partial charge on any atom is 0.323 e. The van der Waals surface area contributed by atoms with E-state index in [0.29, 0.717) is 5.02 Å². The van der Waals surface area contributed by atoms with E-state index >= 15 is 0 Å². The highest BCUT2D eigenvalue weighted by atomic mass is 35.5. The first-order chi connectivity index (χ1) is 10.1. The van der Waals surface area contributed by atoms with Crippen LogP contribution in [0.5, 0.6) is 0 Å². The zero-order chi connectivity index (χ0) is 15.0. The highest BCUT2D eigenvalue weighted by Crippen LogP contribution is 2.35.